The van der Waals surface area contributed by atoms with E-state index in [0.29, 0.717) is 28.3 Å². The van der Waals surface area contributed by atoms with Crippen LogP contribution in [0.1, 0.15) is 54.6 Å². The normalized spacial score (nSPS) is 31.2. The number of carbonyl (C=O) groups is 1. The molecule has 0 atom stereocenters. The molecular formula is C20H26N6O. The lowest BCUT2D eigenvalue weighted by Crippen LogP contribution is -2.51. The number of amides is 1. The Labute approximate surface area is 158 Å². The highest BCUT2D eigenvalue weighted by atomic mass is 16.1. The summed E-state index contributed by atoms with van der Waals surface area (Å²) in [6.07, 6.45) is 12.9. The molecule has 0 aromatic carbocycles. The van der Waals surface area contributed by atoms with Crippen LogP contribution in [0.4, 0.5) is 5.82 Å². The molecule has 0 saturated heterocycles. The molecule has 0 unspecified atom stereocenters. The summed E-state index contributed by atoms with van der Waals surface area (Å²) < 4.78 is 1.58. The Morgan fingerprint density at radius 2 is 1.85 bits per heavy atom. The lowest BCUT2D eigenvalue weighted by atomic mass is 9.49. The van der Waals surface area contributed by atoms with Gasteiger partial charge < -0.3 is 11.1 Å². The Bertz CT molecular complexity index is 836. The molecule has 0 radical (unpaired) electrons. The van der Waals surface area contributed by atoms with Crippen LogP contribution in [0.15, 0.2) is 18.6 Å². The molecule has 4 aliphatic rings. The van der Waals surface area contributed by atoms with Crippen molar-refractivity contribution in [2.45, 2.75) is 45.4 Å². The van der Waals surface area contributed by atoms with Crippen molar-refractivity contribution < 1.29 is 4.79 Å². The fourth-order valence-electron chi connectivity index (χ4n) is 6.12. The zero-order valence-electron chi connectivity index (χ0n) is 15.7. The summed E-state index contributed by atoms with van der Waals surface area (Å²) in [5.41, 5.74) is 7.20. The van der Waals surface area contributed by atoms with Gasteiger partial charge in [0.05, 0.1) is 23.7 Å². The van der Waals surface area contributed by atoms with Gasteiger partial charge in [-0.25, -0.2) is 14.6 Å². The van der Waals surface area contributed by atoms with E-state index in [2.05, 4.69) is 20.4 Å². The van der Waals surface area contributed by atoms with Crippen LogP contribution >= 0.6 is 0 Å². The van der Waals surface area contributed by atoms with Crippen LogP contribution in [0.3, 0.4) is 0 Å². The molecule has 142 valence electrons. The fraction of sp³-hybridized carbons (Fsp3) is 0.600. The van der Waals surface area contributed by atoms with Crippen LogP contribution in [-0.4, -0.2) is 32.2 Å². The molecule has 4 saturated carbocycles. The average Bonchev–Trinajstić information content (AvgIpc) is 3.01. The molecule has 4 bridgehead atoms. The van der Waals surface area contributed by atoms with E-state index in [9.17, 15) is 4.79 Å². The highest BCUT2D eigenvalue weighted by Gasteiger charge is 2.50. The van der Waals surface area contributed by atoms with E-state index in [-0.39, 0.29) is 5.91 Å². The summed E-state index contributed by atoms with van der Waals surface area (Å²) in [5.74, 6) is 3.53. The largest absolute Gasteiger partial charge is 0.382 e. The molecule has 2 heterocycles. The topological polar surface area (TPSA) is 98.7 Å². The predicted octanol–water partition coefficient (Wildman–Crippen LogP) is 2.50. The quantitative estimate of drug-likeness (QED) is 0.866. The number of aromatic nitrogens is 4. The van der Waals surface area contributed by atoms with Gasteiger partial charge in [0.2, 0.25) is 0 Å². The van der Waals surface area contributed by atoms with Crippen LogP contribution < -0.4 is 11.1 Å². The van der Waals surface area contributed by atoms with E-state index in [1.807, 2.05) is 6.92 Å². The third kappa shape index (κ3) is 2.99. The number of hydrogen-bond acceptors (Lipinski definition) is 5. The van der Waals surface area contributed by atoms with Crippen molar-refractivity contribution in [3.8, 4) is 5.82 Å². The van der Waals surface area contributed by atoms with E-state index in [4.69, 9.17) is 5.73 Å². The van der Waals surface area contributed by atoms with Gasteiger partial charge in [-0.3, -0.25) is 4.79 Å². The fourth-order valence-corrected chi connectivity index (χ4v) is 6.12. The first-order valence-corrected chi connectivity index (χ1v) is 9.92. The van der Waals surface area contributed by atoms with Crippen molar-refractivity contribution >= 4 is 11.7 Å². The summed E-state index contributed by atoms with van der Waals surface area (Å²) in [7, 11) is 0. The predicted molar refractivity (Wildman–Crippen MR) is 101 cm³/mol. The molecule has 0 spiro atoms. The molecule has 7 heteroatoms. The van der Waals surface area contributed by atoms with Crippen molar-refractivity contribution in [3.05, 3.63) is 29.8 Å². The maximum absolute atomic E-state index is 12.8. The number of hydrogen-bond donors (Lipinski definition) is 2. The van der Waals surface area contributed by atoms with Gasteiger partial charge in [0, 0.05) is 12.7 Å². The van der Waals surface area contributed by atoms with E-state index in [0.717, 1.165) is 24.3 Å². The summed E-state index contributed by atoms with van der Waals surface area (Å²) in [6.45, 7) is 2.64. The van der Waals surface area contributed by atoms with Crippen LogP contribution in [0.2, 0.25) is 0 Å². The van der Waals surface area contributed by atoms with Crippen molar-refractivity contribution in [2.75, 3.05) is 12.3 Å². The minimum Gasteiger partial charge on any atom is -0.382 e. The van der Waals surface area contributed by atoms with Gasteiger partial charge >= 0.3 is 0 Å². The van der Waals surface area contributed by atoms with E-state index < -0.39 is 0 Å². The molecule has 4 aliphatic carbocycles. The molecule has 1 amide bonds. The number of anilines is 1. The highest BCUT2D eigenvalue weighted by Crippen LogP contribution is 2.59. The lowest BCUT2D eigenvalue weighted by Gasteiger charge is -2.56. The lowest BCUT2D eigenvalue weighted by molar-refractivity contribution is -0.0503. The third-order valence-electron chi connectivity index (χ3n) is 6.83. The molecule has 2 aromatic heterocycles. The van der Waals surface area contributed by atoms with E-state index >= 15 is 0 Å². The number of carbonyl (C=O) groups excluding carboxylic acids is 1. The Kier molecular flexibility index (Phi) is 3.74. The van der Waals surface area contributed by atoms with Gasteiger partial charge in [0.1, 0.15) is 5.82 Å². The summed E-state index contributed by atoms with van der Waals surface area (Å²) in [6, 6.07) is 0. The molecule has 7 nitrogen and oxygen atoms in total. The second-order valence-electron chi connectivity index (χ2n) is 8.97. The average molecular weight is 366 g/mol. The minimum absolute atomic E-state index is 0.0436. The molecule has 2 aromatic rings. The second-order valence-corrected chi connectivity index (χ2v) is 8.97. The van der Waals surface area contributed by atoms with Crippen LogP contribution in [0.25, 0.3) is 5.82 Å². The smallest absolute Gasteiger partial charge is 0.254 e. The SMILES string of the molecule is Cc1nn(-c2cnc(N)cn2)cc1C(=O)NCC12CC3CC(CC(C3)C1)C2. The summed E-state index contributed by atoms with van der Waals surface area (Å²) >= 11 is 0. The number of nitrogens with one attached hydrogen (secondary N) is 1. The van der Waals surface area contributed by atoms with Gasteiger partial charge in [-0.1, -0.05) is 0 Å². The zero-order valence-corrected chi connectivity index (χ0v) is 15.7. The van der Waals surface area contributed by atoms with Gasteiger partial charge in [-0.05, 0) is 68.6 Å². The molecular weight excluding hydrogens is 340 g/mol. The Morgan fingerprint density at radius 3 is 2.44 bits per heavy atom. The van der Waals surface area contributed by atoms with E-state index in [1.54, 1.807) is 17.1 Å². The number of aryl methyl sites for hydroxylation is 1. The monoisotopic (exact) mass is 366 g/mol. The molecule has 0 aliphatic heterocycles. The van der Waals surface area contributed by atoms with Crippen LogP contribution in [0, 0.1) is 30.1 Å². The van der Waals surface area contributed by atoms with Crippen LogP contribution in [0.5, 0.6) is 0 Å². The molecule has 4 fully saturated rings. The highest BCUT2D eigenvalue weighted by molar-refractivity contribution is 5.95. The Balaban J connectivity index is 1.30. The molecule has 27 heavy (non-hydrogen) atoms. The van der Waals surface area contributed by atoms with Crippen LogP contribution in [-0.2, 0) is 0 Å². The first-order chi connectivity index (χ1) is 13.0. The van der Waals surface area contributed by atoms with Crippen molar-refractivity contribution in [2.24, 2.45) is 23.2 Å². The van der Waals surface area contributed by atoms with E-state index in [1.165, 1.54) is 44.7 Å². The maximum Gasteiger partial charge on any atom is 0.254 e. The second kappa shape index (κ2) is 6.04. The number of nitrogen functional groups attached to an aromatic ring is 1. The van der Waals surface area contributed by atoms with Crippen molar-refractivity contribution in [1.82, 2.24) is 25.1 Å². The number of rotatable bonds is 4. The Hall–Kier alpha value is -2.44. The summed E-state index contributed by atoms with van der Waals surface area (Å²) in [5, 5.41) is 7.64. The van der Waals surface area contributed by atoms with Crippen molar-refractivity contribution in [1.29, 1.82) is 0 Å². The van der Waals surface area contributed by atoms with Gasteiger partial charge in [-0.15, -0.1) is 0 Å². The zero-order chi connectivity index (χ0) is 18.6. The first kappa shape index (κ1) is 16.7. The Morgan fingerprint density at radius 1 is 1.19 bits per heavy atom. The molecule has 3 N–H and O–H groups in total. The third-order valence-corrected chi connectivity index (χ3v) is 6.83. The van der Waals surface area contributed by atoms with Gasteiger partial charge in [0.15, 0.2) is 5.82 Å². The summed E-state index contributed by atoms with van der Waals surface area (Å²) in [4.78, 5) is 21.1. The number of nitrogens with zero attached hydrogens (tertiary/aromatic N) is 4. The first-order valence-electron chi connectivity index (χ1n) is 9.92. The number of nitrogens with two attached hydrogens (primary N) is 1. The molecule has 6 rings (SSSR count). The standard InChI is InChI=1S/C20H26N6O/c1-12-16(10-26(25-12)18-9-22-17(21)8-23-18)19(27)24-11-20-5-13-2-14(6-20)4-15(3-13)7-20/h8-10,13-15H,2-7,11H2,1H3,(H2,21,22)(H,24,27). The maximum atomic E-state index is 12.8. The minimum atomic E-state index is -0.0436. The van der Waals surface area contributed by atoms with Gasteiger partial charge in [-0.2, -0.15) is 5.10 Å². The van der Waals surface area contributed by atoms with Gasteiger partial charge in [0.25, 0.3) is 5.91 Å². The van der Waals surface area contributed by atoms with Crippen molar-refractivity contribution in [3.63, 3.8) is 0 Å².